The third-order valence-corrected chi connectivity index (χ3v) is 5.53. The van der Waals surface area contributed by atoms with Gasteiger partial charge in [-0.1, -0.05) is 42.5 Å². The molecule has 2 fully saturated rings. The average Bonchev–Trinajstić information content (AvgIpc) is 3.49. The van der Waals surface area contributed by atoms with Gasteiger partial charge >= 0.3 is 0 Å². The number of benzene rings is 2. The summed E-state index contributed by atoms with van der Waals surface area (Å²) in [6.07, 6.45) is 2.02. The Morgan fingerprint density at radius 2 is 1.79 bits per heavy atom. The van der Waals surface area contributed by atoms with E-state index >= 15 is 0 Å². The lowest BCUT2D eigenvalue weighted by Crippen LogP contribution is -2.36. The highest BCUT2D eigenvalue weighted by Crippen LogP contribution is 2.29. The predicted octanol–water partition coefficient (Wildman–Crippen LogP) is 2.14. The highest BCUT2D eigenvalue weighted by atomic mass is 16.2. The third-order valence-electron chi connectivity index (χ3n) is 5.53. The highest BCUT2D eigenvalue weighted by Gasteiger charge is 2.36. The van der Waals surface area contributed by atoms with Crippen molar-refractivity contribution in [2.24, 2.45) is 11.8 Å². The van der Waals surface area contributed by atoms with Crippen LogP contribution in [0.4, 0.5) is 5.69 Å². The van der Waals surface area contributed by atoms with Crippen LogP contribution in [-0.4, -0.2) is 25.4 Å². The number of nitrogens with one attached hydrogen (secondary N) is 3. The highest BCUT2D eigenvalue weighted by molar-refractivity contribution is 5.95. The lowest BCUT2D eigenvalue weighted by molar-refractivity contribution is -0.123. The molecule has 0 bridgehead atoms. The number of hydrogen-bond donors (Lipinski definition) is 3. The quantitative estimate of drug-likeness (QED) is 0.720. The Bertz CT molecular complexity index is 833. The summed E-state index contributed by atoms with van der Waals surface area (Å²) in [6, 6.07) is 17.7. The van der Waals surface area contributed by atoms with Crippen LogP contribution in [-0.2, 0) is 16.1 Å². The van der Waals surface area contributed by atoms with E-state index in [0.717, 1.165) is 29.7 Å². The molecule has 3 N–H and O–H groups in total. The number of carbonyl (C=O) groups excluding carboxylic acids is 2. The Hall–Kier alpha value is -2.70. The first-order valence-electron chi connectivity index (χ1n) is 9.81. The van der Waals surface area contributed by atoms with Gasteiger partial charge in [0.1, 0.15) is 0 Å². The zero-order valence-electron chi connectivity index (χ0n) is 16.0. The number of para-hydroxylation sites is 1. The van der Waals surface area contributed by atoms with Crippen molar-refractivity contribution >= 4 is 17.5 Å². The molecule has 0 spiro atoms. The Balaban J connectivity index is 1.41. The smallest absolute Gasteiger partial charge is 0.233 e. The van der Waals surface area contributed by atoms with Crippen LogP contribution in [0.15, 0.2) is 54.6 Å². The van der Waals surface area contributed by atoms with Crippen LogP contribution < -0.4 is 21.1 Å². The van der Waals surface area contributed by atoms with Gasteiger partial charge in [0.2, 0.25) is 11.8 Å². The number of anilines is 1. The number of carbonyl (C=O) groups is 2. The van der Waals surface area contributed by atoms with Gasteiger partial charge in [-0.25, -0.2) is 5.43 Å². The molecule has 2 amide bonds. The van der Waals surface area contributed by atoms with Gasteiger partial charge < -0.3 is 10.2 Å². The van der Waals surface area contributed by atoms with E-state index in [1.165, 1.54) is 0 Å². The van der Waals surface area contributed by atoms with Crippen LogP contribution in [0.2, 0.25) is 0 Å². The molecule has 28 heavy (non-hydrogen) atoms. The first kappa shape index (κ1) is 18.7. The van der Waals surface area contributed by atoms with E-state index in [1.807, 2.05) is 61.6 Å². The maximum absolute atomic E-state index is 13.0. The first-order valence-corrected chi connectivity index (χ1v) is 9.81. The molecule has 1 aliphatic carbocycles. The molecule has 2 aromatic rings. The first-order chi connectivity index (χ1) is 13.6. The maximum atomic E-state index is 13.0. The lowest BCUT2D eigenvalue weighted by Gasteiger charge is -2.24. The molecule has 1 saturated heterocycles. The van der Waals surface area contributed by atoms with Crippen LogP contribution in [0.25, 0.3) is 0 Å². The molecule has 0 aromatic heterocycles. The lowest BCUT2D eigenvalue weighted by atomic mass is 9.93. The molecule has 6 heteroatoms. The average molecular weight is 378 g/mol. The summed E-state index contributed by atoms with van der Waals surface area (Å²) in [5.74, 6) is 0.266. The van der Waals surface area contributed by atoms with Gasteiger partial charge in [-0.2, -0.15) is 0 Å². The summed E-state index contributed by atoms with van der Waals surface area (Å²) in [5, 5.41) is 2.98. The summed E-state index contributed by atoms with van der Waals surface area (Å²) in [5.41, 5.74) is 9.37. The monoisotopic (exact) mass is 378 g/mol. The van der Waals surface area contributed by atoms with Gasteiger partial charge in [-0.15, -0.1) is 0 Å². The van der Waals surface area contributed by atoms with Gasteiger partial charge in [0.15, 0.2) is 0 Å². The van der Waals surface area contributed by atoms with Crippen LogP contribution >= 0.6 is 0 Å². The summed E-state index contributed by atoms with van der Waals surface area (Å²) >= 11 is 0. The van der Waals surface area contributed by atoms with Crippen LogP contribution in [0.5, 0.6) is 0 Å². The molecular weight excluding hydrogens is 352 g/mol. The number of nitrogens with zero attached hydrogens (tertiary/aromatic N) is 1. The van der Waals surface area contributed by atoms with E-state index in [2.05, 4.69) is 16.2 Å². The summed E-state index contributed by atoms with van der Waals surface area (Å²) in [4.78, 5) is 26.5. The number of hydrogen-bond acceptors (Lipinski definition) is 4. The second-order valence-corrected chi connectivity index (χ2v) is 7.58. The van der Waals surface area contributed by atoms with E-state index in [4.69, 9.17) is 0 Å². The molecule has 2 unspecified atom stereocenters. The minimum absolute atomic E-state index is 0.0782. The zero-order chi connectivity index (χ0) is 19.5. The molecule has 1 aliphatic heterocycles. The fraction of sp³-hybridized carbons (Fsp3) is 0.364. The van der Waals surface area contributed by atoms with E-state index in [1.54, 1.807) is 4.90 Å². The minimum atomic E-state index is -0.189. The molecule has 4 rings (SSSR count). The van der Waals surface area contributed by atoms with E-state index < -0.39 is 0 Å². The molecule has 2 aromatic carbocycles. The second-order valence-electron chi connectivity index (χ2n) is 7.58. The molecule has 1 heterocycles. The van der Waals surface area contributed by atoms with E-state index in [-0.39, 0.29) is 29.7 Å². The number of rotatable bonds is 6. The number of amides is 2. The van der Waals surface area contributed by atoms with Crippen LogP contribution in [0.1, 0.15) is 30.0 Å². The summed E-state index contributed by atoms with van der Waals surface area (Å²) in [6.45, 7) is 1.13. The molecule has 1 saturated carbocycles. The van der Waals surface area contributed by atoms with Crippen molar-refractivity contribution < 1.29 is 9.59 Å². The van der Waals surface area contributed by atoms with E-state index in [9.17, 15) is 9.59 Å². The van der Waals surface area contributed by atoms with Gasteiger partial charge in [0.05, 0.1) is 12.0 Å². The van der Waals surface area contributed by atoms with Gasteiger partial charge in [0, 0.05) is 31.7 Å². The molecule has 2 aliphatic rings. The fourth-order valence-electron chi connectivity index (χ4n) is 3.59. The molecular formula is C22H26N4O2. The van der Waals surface area contributed by atoms with Crippen molar-refractivity contribution in [2.45, 2.75) is 25.4 Å². The van der Waals surface area contributed by atoms with Gasteiger partial charge in [-0.3, -0.25) is 15.0 Å². The van der Waals surface area contributed by atoms with Crippen molar-refractivity contribution in [2.75, 3.05) is 18.5 Å². The summed E-state index contributed by atoms with van der Waals surface area (Å²) < 4.78 is 0. The fourth-order valence-corrected chi connectivity index (χ4v) is 3.59. The van der Waals surface area contributed by atoms with Gasteiger partial charge in [0.25, 0.3) is 0 Å². The molecule has 6 nitrogen and oxygen atoms in total. The van der Waals surface area contributed by atoms with Crippen molar-refractivity contribution in [1.29, 1.82) is 0 Å². The Morgan fingerprint density at radius 1 is 1.07 bits per heavy atom. The van der Waals surface area contributed by atoms with Crippen molar-refractivity contribution in [3.05, 3.63) is 65.7 Å². The largest absolute Gasteiger partial charge is 0.352 e. The number of hydrazine groups is 1. The predicted molar refractivity (Wildman–Crippen MR) is 108 cm³/mol. The van der Waals surface area contributed by atoms with Gasteiger partial charge in [-0.05, 0) is 36.1 Å². The molecule has 146 valence electrons. The van der Waals surface area contributed by atoms with E-state index in [0.29, 0.717) is 13.1 Å². The Morgan fingerprint density at radius 3 is 2.46 bits per heavy atom. The molecule has 2 atom stereocenters. The Labute approximate surface area is 165 Å². The third kappa shape index (κ3) is 4.08. The van der Waals surface area contributed by atoms with Crippen molar-refractivity contribution in [1.82, 2.24) is 16.2 Å². The van der Waals surface area contributed by atoms with Crippen LogP contribution in [0.3, 0.4) is 0 Å². The van der Waals surface area contributed by atoms with Crippen molar-refractivity contribution in [3.8, 4) is 0 Å². The van der Waals surface area contributed by atoms with Crippen molar-refractivity contribution in [3.63, 3.8) is 0 Å². The van der Waals surface area contributed by atoms with Crippen LogP contribution in [0, 0.1) is 11.8 Å². The second kappa shape index (κ2) is 8.12. The standard InChI is InChI=1S/C22H26N4O2/c1-26(18-5-3-2-4-6-18)22(28)19-14-24-25-20(19)16-9-7-15(8-10-16)13-23-21(27)17-11-12-17/h2-10,17,19-20,24-25H,11-14H2,1H3,(H,23,27). The maximum Gasteiger partial charge on any atom is 0.233 e. The topological polar surface area (TPSA) is 73.5 Å². The zero-order valence-corrected chi connectivity index (χ0v) is 16.0. The Kier molecular flexibility index (Phi) is 5.41. The summed E-state index contributed by atoms with van der Waals surface area (Å²) in [7, 11) is 1.82. The minimum Gasteiger partial charge on any atom is -0.352 e. The SMILES string of the molecule is CN(C(=O)C1CNNC1c1ccc(CNC(=O)C2CC2)cc1)c1ccccc1. The molecule has 0 radical (unpaired) electrons. The normalized spacial score (nSPS) is 21.3.